The lowest BCUT2D eigenvalue weighted by Gasteiger charge is -2.23. The Kier molecular flexibility index (Phi) is 6.56. The van der Waals surface area contributed by atoms with Gasteiger partial charge in [-0.2, -0.15) is 0 Å². The predicted molar refractivity (Wildman–Crippen MR) is 89.8 cm³/mol. The van der Waals surface area contributed by atoms with Gasteiger partial charge in [0.15, 0.2) is 0 Å². The monoisotopic (exact) mass is 305 g/mol. The summed E-state index contributed by atoms with van der Waals surface area (Å²) in [5, 5.41) is 5.60. The van der Waals surface area contributed by atoms with Crippen LogP contribution in [0.25, 0.3) is 0 Å². The van der Waals surface area contributed by atoms with Crippen LogP contribution in [0.1, 0.15) is 26.3 Å². The van der Waals surface area contributed by atoms with E-state index < -0.39 is 5.41 Å². The molecule has 0 bridgehead atoms. The smallest absolute Gasteiger partial charge is 0.239 e. The maximum absolute atomic E-state index is 12.3. The topological polar surface area (TPSA) is 61.4 Å². The lowest BCUT2D eigenvalue weighted by molar-refractivity contribution is -0.138. The SMILES string of the molecule is CCc1ccc(NC(=O)C(C)(C)C(=O)NCCN(C)C)cc1. The zero-order chi connectivity index (χ0) is 16.8. The van der Waals surface area contributed by atoms with Crippen LogP contribution in [0.5, 0.6) is 0 Å². The molecule has 1 aromatic rings. The van der Waals surface area contributed by atoms with Crippen LogP contribution in [0.2, 0.25) is 0 Å². The van der Waals surface area contributed by atoms with Gasteiger partial charge in [-0.3, -0.25) is 9.59 Å². The maximum Gasteiger partial charge on any atom is 0.239 e. The van der Waals surface area contributed by atoms with Crippen LogP contribution < -0.4 is 10.6 Å². The van der Waals surface area contributed by atoms with Gasteiger partial charge in [0, 0.05) is 18.8 Å². The molecule has 22 heavy (non-hydrogen) atoms. The third-order valence-corrected chi connectivity index (χ3v) is 3.60. The lowest BCUT2D eigenvalue weighted by Crippen LogP contribution is -2.46. The largest absolute Gasteiger partial charge is 0.354 e. The van der Waals surface area contributed by atoms with Crippen LogP contribution >= 0.6 is 0 Å². The number of likely N-dealkylation sites (N-methyl/N-ethyl adjacent to an activating group) is 1. The molecule has 0 radical (unpaired) electrons. The Labute approximate surface area is 133 Å². The molecule has 0 aliphatic carbocycles. The predicted octanol–water partition coefficient (Wildman–Crippen LogP) is 1.89. The van der Waals surface area contributed by atoms with Gasteiger partial charge in [-0.1, -0.05) is 19.1 Å². The zero-order valence-corrected chi connectivity index (χ0v) is 14.2. The second kappa shape index (κ2) is 7.94. The second-order valence-corrected chi connectivity index (χ2v) is 6.19. The number of hydrogen-bond acceptors (Lipinski definition) is 3. The van der Waals surface area contributed by atoms with E-state index in [1.54, 1.807) is 13.8 Å². The fourth-order valence-corrected chi connectivity index (χ4v) is 1.83. The van der Waals surface area contributed by atoms with E-state index in [1.807, 2.05) is 43.3 Å². The molecule has 0 saturated heterocycles. The third-order valence-electron chi connectivity index (χ3n) is 3.60. The minimum absolute atomic E-state index is 0.267. The molecule has 1 aromatic carbocycles. The highest BCUT2D eigenvalue weighted by Crippen LogP contribution is 2.19. The number of hydrogen-bond donors (Lipinski definition) is 2. The van der Waals surface area contributed by atoms with Crippen molar-refractivity contribution in [3.63, 3.8) is 0 Å². The van der Waals surface area contributed by atoms with Gasteiger partial charge in [0.1, 0.15) is 5.41 Å². The first-order chi connectivity index (χ1) is 10.3. The zero-order valence-electron chi connectivity index (χ0n) is 14.2. The van der Waals surface area contributed by atoms with Gasteiger partial charge < -0.3 is 15.5 Å². The number of nitrogens with one attached hydrogen (secondary N) is 2. The molecular weight excluding hydrogens is 278 g/mol. The van der Waals surface area contributed by atoms with E-state index in [0.29, 0.717) is 12.2 Å². The molecule has 0 aliphatic heterocycles. The first-order valence-corrected chi connectivity index (χ1v) is 7.60. The Morgan fingerprint density at radius 1 is 1.09 bits per heavy atom. The minimum Gasteiger partial charge on any atom is -0.354 e. The first-order valence-electron chi connectivity index (χ1n) is 7.60. The van der Waals surface area contributed by atoms with Crippen LogP contribution in [0.4, 0.5) is 5.69 Å². The van der Waals surface area contributed by atoms with Crippen molar-refractivity contribution in [1.82, 2.24) is 10.2 Å². The van der Waals surface area contributed by atoms with Crippen molar-refractivity contribution in [1.29, 1.82) is 0 Å². The standard InChI is InChI=1S/C17H27N3O2/c1-6-13-7-9-14(10-8-13)19-16(22)17(2,3)15(21)18-11-12-20(4)5/h7-10H,6,11-12H2,1-5H3,(H,18,21)(H,19,22). The number of nitrogens with zero attached hydrogens (tertiary/aromatic N) is 1. The normalized spacial score (nSPS) is 11.4. The van der Waals surface area contributed by atoms with Crippen LogP contribution in [-0.4, -0.2) is 43.9 Å². The number of amides is 2. The molecule has 0 heterocycles. The number of carbonyl (C=O) groups excluding carboxylic acids is 2. The lowest BCUT2D eigenvalue weighted by atomic mass is 9.91. The minimum atomic E-state index is -1.12. The van der Waals surface area contributed by atoms with E-state index in [4.69, 9.17) is 0 Å². The van der Waals surface area contributed by atoms with Crippen LogP contribution in [0.15, 0.2) is 24.3 Å². The van der Waals surface area contributed by atoms with Crippen LogP contribution in [0, 0.1) is 5.41 Å². The number of benzene rings is 1. The number of anilines is 1. The van der Waals surface area contributed by atoms with Gasteiger partial charge in [0.05, 0.1) is 0 Å². The molecule has 2 N–H and O–H groups in total. The molecule has 0 saturated carbocycles. The Hall–Kier alpha value is -1.88. The van der Waals surface area contributed by atoms with Gasteiger partial charge in [-0.15, -0.1) is 0 Å². The first kappa shape index (κ1) is 18.2. The summed E-state index contributed by atoms with van der Waals surface area (Å²) in [6.45, 7) is 6.60. The fourth-order valence-electron chi connectivity index (χ4n) is 1.83. The van der Waals surface area contributed by atoms with Crippen molar-refractivity contribution in [2.24, 2.45) is 5.41 Å². The Bertz CT molecular complexity index is 507. The number of rotatable bonds is 7. The number of aryl methyl sites for hydroxylation is 1. The summed E-state index contributed by atoms with van der Waals surface area (Å²) in [6, 6.07) is 7.66. The average Bonchev–Trinajstić information content (AvgIpc) is 2.47. The van der Waals surface area contributed by atoms with Crippen molar-refractivity contribution in [2.45, 2.75) is 27.2 Å². The van der Waals surface area contributed by atoms with Crippen molar-refractivity contribution in [3.8, 4) is 0 Å². The summed E-state index contributed by atoms with van der Waals surface area (Å²) in [4.78, 5) is 26.5. The van der Waals surface area contributed by atoms with E-state index in [9.17, 15) is 9.59 Å². The summed E-state index contributed by atoms with van der Waals surface area (Å²) < 4.78 is 0. The van der Waals surface area contributed by atoms with E-state index in [1.165, 1.54) is 5.56 Å². The molecule has 1 rings (SSSR count). The summed E-state index contributed by atoms with van der Waals surface area (Å²) in [6.07, 6.45) is 0.952. The summed E-state index contributed by atoms with van der Waals surface area (Å²) >= 11 is 0. The van der Waals surface area contributed by atoms with Crippen molar-refractivity contribution in [2.75, 3.05) is 32.5 Å². The highest BCUT2D eigenvalue weighted by atomic mass is 16.2. The average molecular weight is 305 g/mol. The van der Waals surface area contributed by atoms with E-state index >= 15 is 0 Å². The van der Waals surface area contributed by atoms with Gasteiger partial charge in [0.2, 0.25) is 11.8 Å². The summed E-state index contributed by atoms with van der Waals surface area (Å²) in [7, 11) is 3.87. The third kappa shape index (κ3) is 5.15. The van der Waals surface area contributed by atoms with Crippen molar-refractivity contribution in [3.05, 3.63) is 29.8 Å². The molecule has 5 heteroatoms. The molecule has 5 nitrogen and oxygen atoms in total. The molecular formula is C17H27N3O2. The molecule has 0 unspecified atom stereocenters. The maximum atomic E-state index is 12.3. The Balaban J connectivity index is 2.62. The second-order valence-electron chi connectivity index (χ2n) is 6.19. The molecule has 0 spiro atoms. The molecule has 0 aliphatic rings. The molecule has 0 atom stereocenters. The molecule has 0 fully saturated rings. The summed E-state index contributed by atoms with van der Waals surface area (Å²) in [5.41, 5.74) is 0.797. The van der Waals surface area contributed by atoms with Gasteiger partial charge in [-0.05, 0) is 52.1 Å². The van der Waals surface area contributed by atoms with E-state index in [-0.39, 0.29) is 11.8 Å². The van der Waals surface area contributed by atoms with Crippen molar-refractivity contribution < 1.29 is 9.59 Å². The molecule has 0 aromatic heterocycles. The molecule has 2 amide bonds. The van der Waals surface area contributed by atoms with Gasteiger partial charge in [-0.25, -0.2) is 0 Å². The van der Waals surface area contributed by atoms with Crippen LogP contribution in [-0.2, 0) is 16.0 Å². The fraction of sp³-hybridized carbons (Fsp3) is 0.529. The quantitative estimate of drug-likeness (QED) is 0.756. The van der Waals surface area contributed by atoms with Crippen LogP contribution in [0.3, 0.4) is 0 Å². The summed E-state index contributed by atoms with van der Waals surface area (Å²) in [5.74, 6) is -0.573. The molecule has 122 valence electrons. The number of carbonyl (C=O) groups is 2. The highest BCUT2D eigenvalue weighted by Gasteiger charge is 2.35. The van der Waals surface area contributed by atoms with Gasteiger partial charge >= 0.3 is 0 Å². The van der Waals surface area contributed by atoms with E-state index in [0.717, 1.165) is 13.0 Å². The Morgan fingerprint density at radius 2 is 1.68 bits per heavy atom. The van der Waals surface area contributed by atoms with Gasteiger partial charge in [0.25, 0.3) is 0 Å². The highest BCUT2D eigenvalue weighted by molar-refractivity contribution is 6.09. The van der Waals surface area contributed by atoms with E-state index in [2.05, 4.69) is 17.6 Å². The van der Waals surface area contributed by atoms with Crippen molar-refractivity contribution >= 4 is 17.5 Å². The Morgan fingerprint density at radius 3 is 2.18 bits per heavy atom.